The highest BCUT2D eigenvalue weighted by molar-refractivity contribution is 5.74. The van der Waals surface area contributed by atoms with Crippen molar-refractivity contribution in [3.8, 4) is 0 Å². The van der Waals surface area contributed by atoms with E-state index in [1.165, 1.54) is 6.42 Å². The van der Waals surface area contributed by atoms with Gasteiger partial charge in [-0.25, -0.2) is 9.18 Å². The number of amides is 2. The molecule has 0 heterocycles. The van der Waals surface area contributed by atoms with Crippen LogP contribution in [0.2, 0.25) is 0 Å². The van der Waals surface area contributed by atoms with Gasteiger partial charge < -0.3 is 15.7 Å². The van der Waals surface area contributed by atoms with E-state index in [-0.39, 0.29) is 25.2 Å². The molecule has 1 aliphatic rings. The lowest BCUT2D eigenvalue weighted by Crippen LogP contribution is -2.47. The molecule has 1 rings (SSSR count). The Morgan fingerprint density at radius 1 is 1.35 bits per heavy atom. The molecule has 0 aromatic heterocycles. The van der Waals surface area contributed by atoms with Crippen LogP contribution < -0.4 is 10.6 Å². The Morgan fingerprint density at radius 3 is 2.82 bits per heavy atom. The van der Waals surface area contributed by atoms with Crippen LogP contribution in [-0.2, 0) is 0 Å². The van der Waals surface area contributed by atoms with Gasteiger partial charge in [-0.1, -0.05) is 12.8 Å². The van der Waals surface area contributed by atoms with Crippen molar-refractivity contribution in [2.45, 2.75) is 44.6 Å². The molecule has 0 radical (unpaired) electrons. The van der Waals surface area contributed by atoms with Crippen molar-refractivity contribution < 1.29 is 14.3 Å². The summed E-state index contributed by atoms with van der Waals surface area (Å²) < 4.78 is 11.9. The summed E-state index contributed by atoms with van der Waals surface area (Å²) in [6.07, 6.45) is 6.15. The Balaban J connectivity index is 2.33. The topological polar surface area (TPSA) is 61.4 Å². The summed E-state index contributed by atoms with van der Waals surface area (Å²) in [4.78, 5) is 11.5. The fourth-order valence-corrected chi connectivity index (χ4v) is 2.48. The summed E-state index contributed by atoms with van der Waals surface area (Å²) in [7, 11) is 0. The monoisotopic (exact) mass is 246 g/mol. The maximum absolute atomic E-state index is 11.9. The lowest BCUT2D eigenvalue weighted by atomic mass is 9.82. The number of nitrogens with one attached hydrogen (secondary N) is 2. The molecular weight excluding hydrogens is 223 g/mol. The minimum absolute atomic E-state index is 0.0693. The fourth-order valence-electron chi connectivity index (χ4n) is 2.48. The number of aliphatic hydroxyl groups excluding tert-OH is 1. The van der Waals surface area contributed by atoms with Gasteiger partial charge in [0.2, 0.25) is 0 Å². The molecule has 17 heavy (non-hydrogen) atoms. The zero-order chi connectivity index (χ0) is 12.5. The first-order valence-corrected chi connectivity index (χ1v) is 6.49. The molecule has 2 atom stereocenters. The zero-order valence-electron chi connectivity index (χ0n) is 10.3. The van der Waals surface area contributed by atoms with Crippen LogP contribution in [0.5, 0.6) is 0 Å². The molecular formula is C12H23FN2O2. The second-order valence-electron chi connectivity index (χ2n) is 4.61. The van der Waals surface area contributed by atoms with E-state index in [4.69, 9.17) is 5.11 Å². The van der Waals surface area contributed by atoms with Crippen LogP contribution in [0.25, 0.3) is 0 Å². The number of carbonyl (C=O) groups excluding carboxylic acids is 1. The van der Waals surface area contributed by atoms with Gasteiger partial charge in [-0.15, -0.1) is 0 Å². The van der Waals surface area contributed by atoms with E-state index in [2.05, 4.69) is 10.6 Å². The second-order valence-corrected chi connectivity index (χ2v) is 4.61. The molecule has 0 spiro atoms. The van der Waals surface area contributed by atoms with Crippen molar-refractivity contribution in [1.82, 2.24) is 10.6 Å². The molecule has 4 nitrogen and oxygen atoms in total. The summed E-state index contributed by atoms with van der Waals surface area (Å²) in [5.74, 6) is 0.451. The fraction of sp³-hybridized carbons (Fsp3) is 0.917. The molecule has 0 aliphatic heterocycles. The van der Waals surface area contributed by atoms with Gasteiger partial charge in [0, 0.05) is 19.2 Å². The van der Waals surface area contributed by atoms with E-state index in [9.17, 15) is 9.18 Å². The SMILES string of the molecule is O=C(NCCF)NC1CCCCC1CCCO. The average Bonchev–Trinajstić information content (AvgIpc) is 2.35. The first kappa shape index (κ1) is 14.2. The number of hydrogen-bond acceptors (Lipinski definition) is 2. The van der Waals surface area contributed by atoms with Gasteiger partial charge in [0.25, 0.3) is 0 Å². The van der Waals surface area contributed by atoms with E-state index < -0.39 is 6.67 Å². The van der Waals surface area contributed by atoms with Crippen LogP contribution in [0.3, 0.4) is 0 Å². The molecule has 2 unspecified atom stereocenters. The number of aliphatic hydroxyl groups is 1. The van der Waals surface area contributed by atoms with Crippen LogP contribution in [0.15, 0.2) is 0 Å². The number of hydrogen-bond donors (Lipinski definition) is 3. The standard InChI is InChI=1S/C12H23FN2O2/c13-7-8-14-12(17)15-11-6-2-1-4-10(11)5-3-9-16/h10-11,16H,1-9H2,(H2,14,15,17). The lowest BCUT2D eigenvalue weighted by Gasteiger charge is -2.32. The number of carbonyl (C=O) groups is 1. The van der Waals surface area contributed by atoms with E-state index in [0.717, 1.165) is 32.1 Å². The first-order chi connectivity index (χ1) is 8.27. The molecule has 1 saturated carbocycles. The second kappa shape index (κ2) is 8.28. The minimum Gasteiger partial charge on any atom is -0.396 e. The quantitative estimate of drug-likeness (QED) is 0.666. The summed E-state index contributed by atoms with van der Waals surface area (Å²) in [6, 6.07) is -0.0986. The molecule has 1 aliphatic carbocycles. The van der Waals surface area contributed by atoms with Crippen molar-refractivity contribution in [2.24, 2.45) is 5.92 Å². The largest absolute Gasteiger partial charge is 0.396 e. The molecule has 5 heteroatoms. The smallest absolute Gasteiger partial charge is 0.315 e. The third kappa shape index (κ3) is 5.35. The number of rotatable bonds is 6. The highest BCUT2D eigenvalue weighted by Crippen LogP contribution is 2.27. The molecule has 3 N–H and O–H groups in total. The number of urea groups is 1. The van der Waals surface area contributed by atoms with Crippen LogP contribution >= 0.6 is 0 Å². The average molecular weight is 246 g/mol. The van der Waals surface area contributed by atoms with E-state index in [1.807, 2.05) is 0 Å². The van der Waals surface area contributed by atoms with Crippen LogP contribution in [-0.4, -0.2) is 37.0 Å². The van der Waals surface area contributed by atoms with Gasteiger partial charge in [0.15, 0.2) is 0 Å². The van der Waals surface area contributed by atoms with Crippen molar-refractivity contribution in [3.63, 3.8) is 0 Å². The molecule has 0 aromatic rings. The third-order valence-corrected chi connectivity index (χ3v) is 3.34. The normalized spacial score (nSPS) is 24.4. The van der Waals surface area contributed by atoms with Crippen LogP contribution in [0, 0.1) is 5.92 Å². The third-order valence-electron chi connectivity index (χ3n) is 3.34. The van der Waals surface area contributed by atoms with Crippen molar-refractivity contribution in [1.29, 1.82) is 0 Å². The summed E-state index contributed by atoms with van der Waals surface area (Å²) in [6.45, 7) is -0.261. The predicted octanol–water partition coefficient (Wildman–Crippen LogP) is 1.59. The molecule has 1 fully saturated rings. The van der Waals surface area contributed by atoms with Crippen LogP contribution in [0.1, 0.15) is 38.5 Å². The van der Waals surface area contributed by atoms with E-state index >= 15 is 0 Å². The molecule has 0 aromatic carbocycles. The summed E-state index contributed by atoms with van der Waals surface area (Å²) in [5, 5.41) is 14.2. The highest BCUT2D eigenvalue weighted by atomic mass is 19.1. The minimum atomic E-state index is -0.536. The van der Waals surface area contributed by atoms with Gasteiger partial charge in [0.05, 0.1) is 0 Å². The Morgan fingerprint density at radius 2 is 2.12 bits per heavy atom. The highest BCUT2D eigenvalue weighted by Gasteiger charge is 2.25. The van der Waals surface area contributed by atoms with Gasteiger partial charge in [-0.2, -0.15) is 0 Å². The van der Waals surface area contributed by atoms with Gasteiger partial charge in [-0.05, 0) is 31.6 Å². The predicted molar refractivity (Wildman–Crippen MR) is 64.6 cm³/mol. The maximum atomic E-state index is 11.9. The number of halogens is 1. The van der Waals surface area contributed by atoms with Crippen LogP contribution in [0.4, 0.5) is 9.18 Å². The Labute approximate surface area is 102 Å². The Kier molecular flexibility index (Phi) is 6.93. The van der Waals surface area contributed by atoms with Gasteiger partial charge >= 0.3 is 6.03 Å². The molecule has 0 bridgehead atoms. The number of alkyl halides is 1. The molecule has 0 saturated heterocycles. The van der Waals surface area contributed by atoms with E-state index in [1.54, 1.807) is 0 Å². The van der Waals surface area contributed by atoms with Crippen molar-refractivity contribution >= 4 is 6.03 Å². The van der Waals surface area contributed by atoms with E-state index in [0.29, 0.717) is 5.92 Å². The lowest BCUT2D eigenvalue weighted by molar-refractivity contribution is 0.202. The maximum Gasteiger partial charge on any atom is 0.315 e. The summed E-state index contributed by atoms with van der Waals surface area (Å²) >= 11 is 0. The van der Waals surface area contributed by atoms with Gasteiger partial charge in [0.1, 0.15) is 6.67 Å². The Hall–Kier alpha value is -0.840. The van der Waals surface area contributed by atoms with Crippen molar-refractivity contribution in [3.05, 3.63) is 0 Å². The summed E-state index contributed by atoms with van der Waals surface area (Å²) in [5.41, 5.74) is 0. The Bertz CT molecular complexity index is 227. The van der Waals surface area contributed by atoms with Crippen molar-refractivity contribution in [2.75, 3.05) is 19.8 Å². The first-order valence-electron chi connectivity index (χ1n) is 6.49. The van der Waals surface area contributed by atoms with Gasteiger partial charge in [-0.3, -0.25) is 0 Å². The zero-order valence-corrected chi connectivity index (χ0v) is 10.3. The molecule has 2 amide bonds. The molecule has 100 valence electrons.